The fourth-order valence-electron chi connectivity index (χ4n) is 13.1. The molecule has 7 nitrogen and oxygen atoms in total. The molecule has 7 heteroatoms. The van der Waals surface area contributed by atoms with Crippen LogP contribution in [-0.4, -0.2) is 55.8 Å². The Morgan fingerprint density at radius 1 is 0.810 bits per heavy atom. The van der Waals surface area contributed by atoms with Crippen molar-refractivity contribution in [3.05, 3.63) is 0 Å². The number of aliphatic hydroxyl groups is 3. The SMILES string of the molecule is C[C@H](CCC(=O)O)[C@H]1CCC2C3C(O)CC4CC(O)CC[C@]4(C)C3CC(O)[C@@]21C.O=C(O)C12CC3CC(CC(C3)C1)C2. The van der Waals surface area contributed by atoms with E-state index >= 15 is 0 Å². The van der Waals surface area contributed by atoms with Gasteiger partial charge in [0.15, 0.2) is 0 Å². The maximum Gasteiger partial charge on any atom is 0.309 e. The highest BCUT2D eigenvalue weighted by Crippen LogP contribution is 2.68. The normalized spacial score (nSPS) is 52.8. The Balaban J connectivity index is 0.000000200. The molecule has 0 amide bonds. The molecule has 0 aliphatic heterocycles. The van der Waals surface area contributed by atoms with E-state index in [4.69, 9.17) is 5.11 Å². The molecule has 8 rings (SSSR count). The van der Waals surface area contributed by atoms with E-state index in [-0.39, 0.29) is 46.7 Å². The second kappa shape index (κ2) is 11.0. The van der Waals surface area contributed by atoms with Crippen LogP contribution in [0.1, 0.15) is 117 Å². The Hall–Kier alpha value is -1.18. The van der Waals surface area contributed by atoms with Gasteiger partial charge >= 0.3 is 11.9 Å². The van der Waals surface area contributed by atoms with Gasteiger partial charge in [-0.15, -0.1) is 0 Å². The first-order valence-corrected chi connectivity index (χ1v) is 17.3. The lowest BCUT2D eigenvalue weighted by Gasteiger charge is -2.63. The van der Waals surface area contributed by atoms with Crippen molar-refractivity contribution in [2.75, 3.05) is 0 Å². The molecule has 8 aliphatic rings. The van der Waals surface area contributed by atoms with Crippen LogP contribution in [0.3, 0.4) is 0 Å². The van der Waals surface area contributed by atoms with E-state index < -0.39 is 18.0 Å². The number of hydrogen-bond acceptors (Lipinski definition) is 5. The first-order valence-electron chi connectivity index (χ1n) is 17.3. The van der Waals surface area contributed by atoms with Crippen molar-refractivity contribution in [3.63, 3.8) is 0 Å². The summed E-state index contributed by atoms with van der Waals surface area (Å²) in [6, 6.07) is 0. The lowest BCUT2D eigenvalue weighted by atomic mass is 9.43. The van der Waals surface area contributed by atoms with Gasteiger partial charge in [0, 0.05) is 6.42 Å². The first kappa shape index (κ1) is 30.8. The zero-order chi connectivity index (χ0) is 30.2. The summed E-state index contributed by atoms with van der Waals surface area (Å²) in [6.45, 7) is 6.72. The van der Waals surface area contributed by atoms with Crippen LogP contribution >= 0.6 is 0 Å². The summed E-state index contributed by atoms with van der Waals surface area (Å²) < 4.78 is 0. The molecular formula is C35H56O7. The Kier molecular flexibility index (Phi) is 8.08. The highest BCUT2D eigenvalue weighted by Gasteiger charge is 2.65. The van der Waals surface area contributed by atoms with Crippen molar-refractivity contribution in [2.45, 2.75) is 135 Å². The first-order chi connectivity index (χ1) is 19.8. The molecule has 0 aromatic rings. The number of aliphatic carboxylic acids is 2. The summed E-state index contributed by atoms with van der Waals surface area (Å²) >= 11 is 0. The molecule has 42 heavy (non-hydrogen) atoms. The highest BCUT2D eigenvalue weighted by molar-refractivity contribution is 5.75. The summed E-state index contributed by atoms with van der Waals surface area (Å²) in [7, 11) is 0. The quantitative estimate of drug-likeness (QED) is 0.277. The second-order valence-corrected chi connectivity index (χ2v) is 16.9. The molecule has 0 heterocycles. The highest BCUT2D eigenvalue weighted by atomic mass is 16.4. The maximum absolute atomic E-state index is 11.5. The lowest BCUT2D eigenvalue weighted by molar-refractivity contribution is -0.207. The minimum atomic E-state index is -0.748. The van der Waals surface area contributed by atoms with E-state index in [0.29, 0.717) is 30.1 Å². The van der Waals surface area contributed by atoms with Gasteiger partial charge in [-0.05, 0) is 154 Å². The van der Waals surface area contributed by atoms with E-state index in [9.17, 15) is 30.0 Å². The molecule has 238 valence electrons. The molecule has 0 aromatic carbocycles. The number of rotatable bonds is 5. The van der Waals surface area contributed by atoms with E-state index in [1.54, 1.807) is 0 Å². The number of fused-ring (bicyclic) bond motifs is 5. The summed E-state index contributed by atoms with van der Waals surface area (Å²) in [5.41, 5.74) is -0.426. The number of carboxylic acid groups (broad SMARTS) is 2. The van der Waals surface area contributed by atoms with Crippen molar-refractivity contribution in [3.8, 4) is 0 Å². The molecule has 8 fully saturated rings. The van der Waals surface area contributed by atoms with E-state index in [1.807, 2.05) is 0 Å². The molecule has 0 spiro atoms. The van der Waals surface area contributed by atoms with E-state index in [1.165, 1.54) is 19.3 Å². The largest absolute Gasteiger partial charge is 0.481 e. The number of hydrogen-bond donors (Lipinski definition) is 5. The minimum absolute atomic E-state index is 0.0957. The molecule has 8 aliphatic carbocycles. The summed E-state index contributed by atoms with van der Waals surface area (Å²) in [4.78, 5) is 22.3. The average molecular weight is 589 g/mol. The third-order valence-corrected chi connectivity index (χ3v) is 14.8. The van der Waals surface area contributed by atoms with E-state index in [0.717, 1.165) is 82.0 Å². The van der Waals surface area contributed by atoms with Crippen LogP contribution in [0, 0.1) is 69.5 Å². The van der Waals surface area contributed by atoms with Gasteiger partial charge in [0.1, 0.15) is 0 Å². The zero-order valence-corrected chi connectivity index (χ0v) is 26.1. The summed E-state index contributed by atoms with van der Waals surface area (Å²) in [5.74, 6) is 2.75. The zero-order valence-electron chi connectivity index (χ0n) is 26.1. The molecule has 0 saturated heterocycles. The Bertz CT molecular complexity index is 1010. The van der Waals surface area contributed by atoms with Gasteiger partial charge < -0.3 is 25.5 Å². The minimum Gasteiger partial charge on any atom is -0.481 e. The Labute approximate surface area is 251 Å². The van der Waals surface area contributed by atoms with Gasteiger partial charge in [-0.25, -0.2) is 0 Å². The molecule has 11 atom stereocenters. The average Bonchev–Trinajstić information content (AvgIpc) is 3.27. The summed E-state index contributed by atoms with van der Waals surface area (Å²) in [6.07, 6.45) is 12.9. The van der Waals surface area contributed by atoms with Crippen LogP contribution in [0.2, 0.25) is 0 Å². The number of aliphatic hydroxyl groups excluding tert-OH is 3. The topological polar surface area (TPSA) is 135 Å². The third-order valence-electron chi connectivity index (χ3n) is 14.8. The maximum atomic E-state index is 11.5. The molecule has 8 saturated carbocycles. The standard InChI is InChI=1S/C24H40O5.C11H16O2/c1-13(4-7-21(28)29)16-5-6-17-22-18(12-20(27)24(16,17)3)23(2)9-8-15(25)10-14(23)11-19(22)26;12-10(13)11-4-7-1-8(5-11)3-9(2-7)6-11/h13-20,22,25-27H,4-12H2,1-3H3,(H,28,29);7-9H,1-6H2,(H,12,13)/t13-,14?,15?,16-,17?,18?,19?,20?,22?,23+,24-;/m1./s1. The van der Waals surface area contributed by atoms with Gasteiger partial charge in [0.25, 0.3) is 0 Å². The fourth-order valence-corrected chi connectivity index (χ4v) is 13.1. The molecule has 4 bridgehead atoms. The van der Waals surface area contributed by atoms with Gasteiger partial charge in [-0.3, -0.25) is 9.59 Å². The van der Waals surface area contributed by atoms with Crippen LogP contribution in [0.15, 0.2) is 0 Å². The van der Waals surface area contributed by atoms with Gasteiger partial charge in [-0.1, -0.05) is 20.8 Å². The van der Waals surface area contributed by atoms with Crippen LogP contribution in [-0.2, 0) is 9.59 Å². The molecule has 0 radical (unpaired) electrons. The number of carbonyl (C=O) groups is 2. The van der Waals surface area contributed by atoms with Crippen molar-refractivity contribution in [1.82, 2.24) is 0 Å². The van der Waals surface area contributed by atoms with Crippen molar-refractivity contribution in [2.24, 2.45) is 69.5 Å². The van der Waals surface area contributed by atoms with Gasteiger partial charge in [0.2, 0.25) is 0 Å². The van der Waals surface area contributed by atoms with Crippen LogP contribution in [0.25, 0.3) is 0 Å². The van der Waals surface area contributed by atoms with Gasteiger partial charge in [-0.2, -0.15) is 0 Å². The smallest absolute Gasteiger partial charge is 0.309 e. The van der Waals surface area contributed by atoms with E-state index in [2.05, 4.69) is 20.8 Å². The molecule has 5 N–H and O–H groups in total. The third kappa shape index (κ3) is 4.96. The second-order valence-electron chi connectivity index (χ2n) is 16.9. The molecule has 7 unspecified atom stereocenters. The van der Waals surface area contributed by atoms with Gasteiger partial charge in [0.05, 0.1) is 23.7 Å². The fraction of sp³-hybridized carbons (Fsp3) is 0.943. The van der Waals surface area contributed by atoms with Crippen molar-refractivity contribution < 1.29 is 35.1 Å². The Morgan fingerprint density at radius 2 is 1.43 bits per heavy atom. The van der Waals surface area contributed by atoms with Crippen molar-refractivity contribution >= 4 is 11.9 Å². The molecular weight excluding hydrogens is 532 g/mol. The number of carboxylic acids is 2. The lowest BCUT2D eigenvalue weighted by Crippen LogP contribution is -2.62. The predicted molar refractivity (Wildman–Crippen MR) is 158 cm³/mol. The molecule has 0 aromatic heterocycles. The van der Waals surface area contributed by atoms with Crippen LogP contribution in [0.5, 0.6) is 0 Å². The van der Waals surface area contributed by atoms with Crippen LogP contribution in [0.4, 0.5) is 0 Å². The Morgan fingerprint density at radius 3 is 2.00 bits per heavy atom. The summed E-state index contributed by atoms with van der Waals surface area (Å²) in [5, 5.41) is 51.3. The predicted octanol–water partition coefficient (Wildman–Crippen LogP) is 5.74. The monoisotopic (exact) mass is 588 g/mol. The van der Waals surface area contributed by atoms with Crippen LogP contribution < -0.4 is 0 Å². The van der Waals surface area contributed by atoms with Crippen molar-refractivity contribution in [1.29, 1.82) is 0 Å².